The predicted octanol–water partition coefficient (Wildman–Crippen LogP) is 3.74. The Morgan fingerprint density at radius 3 is 2.19 bits per heavy atom. The molecule has 1 aromatic heterocycles. The van der Waals surface area contributed by atoms with Crippen LogP contribution in [0.2, 0.25) is 0 Å². The van der Waals surface area contributed by atoms with Crippen LogP contribution in [0.3, 0.4) is 0 Å². The third-order valence-corrected chi connectivity index (χ3v) is 3.49. The monoisotopic (exact) mass is 369 g/mol. The van der Waals surface area contributed by atoms with Crippen LogP contribution in [0.15, 0.2) is 65.1 Å². The molecule has 138 valence electrons. The summed E-state index contributed by atoms with van der Waals surface area (Å²) >= 11 is 0. The molecule has 0 saturated heterocycles. The minimum absolute atomic E-state index is 0.104. The number of halogens is 1. The highest BCUT2D eigenvalue weighted by molar-refractivity contribution is 6.02. The quantitative estimate of drug-likeness (QED) is 0.615. The second-order valence-corrected chi connectivity index (χ2v) is 5.53. The van der Waals surface area contributed by atoms with E-state index in [9.17, 15) is 14.0 Å². The summed E-state index contributed by atoms with van der Waals surface area (Å²) in [5, 5.41) is 5.10. The SMILES string of the molecule is NC(=O)Nc1ccc(NC(=O)c2ccc(COc3ccc(F)cc3)o2)cc1. The van der Waals surface area contributed by atoms with Gasteiger partial charge in [-0.25, -0.2) is 9.18 Å². The number of rotatable bonds is 6. The van der Waals surface area contributed by atoms with E-state index in [1.54, 1.807) is 30.3 Å². The van der Waals surface area contributed by atoms with Crippen LogP contribution in [-0.2, 0) is 6.61 Å². The van der Waals surface area contributed by atoms with Crippen molar-refractivity contribution >= 4 is 23.3 Å². The summed E-state index contributed by atoms with van der Waals surface area (Å²) < 4.78 is 23.8. The molecule has 0 fully saturated rings. The van der Waals surface area contributed by atoms with Gasteiger partial charge >= 0.3 is 6.03 Å². The van der Waals surface area contributed by atoms with Crippen LogP contribution in [0.25, 0.3) is 0 Å². The van der Waals surface area contributed by atoms with Crippen LogP contribution in [0, 0.1) is 5.82 Å². The Bertz CT molecular complexity index is 936. The first kappa shape index (κ1) is 18.0. The van der Waals surface area contributed by atoms with E-state index in [1.165, 1.54) is 30.3 Å². The number of urea groups is 1. The molecule has 2 aromatic carbocycles. The van der Waals surface area contributed by atoms with Crippen LogP contribution >= 0.6 is 0 Å². The van der Waals surface area contributed by atoms with E-state index in [0.29, 0.717) is 22.9 Å². The third kappa shape index (κ3) is 5.08. The molecule has 0 saturated carbocycles. The minimum Gasteiger partial charge on any atom is -0.486 e. The van der Waals surface area contributed by atoms with Crippen molar-refractivity contribution in [2.45, 2.75) is 6.61 Å². The fraction of sp³-hybridized carbons (Fsp3) is 0.0526. The van der Waals surface area contributed by atoms with Crippen LogP contribution in [0.5, 0.6) is 5.75 Å². The zero-order valence-corrected chi connectivity index (χ0v) is 14.1. The number of carbonyl (C=O) groups excluding carboxylic acids is 2. The molecule has 0 atom stereocenters. The number of nitrogens with one attached hydrogen (secondary N) is 2. The molecule has 0 aliphatic carbocycles. The molecule has 3 amide bonds. The average Bonchev–Trinajstić information content (AvgIpc) is 3.12. The molecule has 0 unspecified atom stereocenters. The van der Waals surface area contributed by atoms with Gasteiger partial charge < -0.3 is 25.5 Å². The van der Waals surface area contributed by atoms with Crippen molar-refractivity contribution < 1.29 is 23.1 Å². The largest absolute Gasteiger partial charge is 0.486 e. The van der Waals surface area contributed by atoms with Crippen LogP contribution in [0.4, 0.5) is 20.6 Å². The molecule has 0 bridgehead atoms. The van der Waals surface area contributed by atoms with Crippen LogP contribution in [-0.4, -0.2) is 11.9 Å². The lowest BCUT2D eigenvalue weighted by atomic mass is 10.2. The Morgan fingerprint density at radius 1 is 0.926 bits per heavy atom. The first-order valence-corrected chi connectivity index (χ1v) is 7.94. The lowest BCUT2D eigenvalue weighted by molar-refractivity contribution is 0.0992. The second-order valence-electron chi connectivity index (χ2n) is 5.53. The van der Waals surface area contributed by atoms with E-state index in [2.05, 4.69) is 10.6 Å². The molecule has 4 N–H and O–H groups in total. The molecular formula is C19H16FN3O4. The molecule has 0 aliphatic rings. The molecule has 0 spiro atoms. The van der Waals surface area contributed by atoms with Gasteiger partial charge in [-0.05, 0) is 60.7 Å². The fourth-order valence-electron chi connectivity index (χ4n) is 2.23. The van der Waals surface area contributed by atoms with Crippen molar-refractivity contribution in [2.75, 3.05) is 10.6 Å². The highest BCUT2D eigenvalue weighted by Gasteiger charge is 2.12. The summed E-state index contributed by atoms with van der Waals surface area (Å²) in [6, 6.07) is 14.5. The number of ether oxygens (including phenoxy) is 1. The zero-order chi connectivity index (χ0) is 19.2. The fourth-order valence-corrected chi connectivity index (χ4v) is 2.23. The van der Waals surface area contributed by atoms with Gasteiger partial charge in [-0.3, -0.25) is 4.79 Å². The Kier molecular flexibility index (Phi) is 5.36. The highest BCUT2D eigenvalue weighted by atomic mass is 19.1. The Morgan fingerprint density at radius 2 is 1.56 bits per heavy atom. The number of hydrogen-bond acceptors (Lipinski definition) is 4. The van der Waals surface area contributed by atoms with Gasteiger partial charge in [-0.1, -0.05) is 0 Å². The second kappa shape index (κ2) is 8.05. The van der Waals surface area contributed by atoms with Crippen molar-refractivity contribution in [3.05, 3.63) is 78.0 Å². The van der Waals surface area contributed by atoms with E-state index in [1.807, 2.05) is 0 Å². The predicted molar refractivity (Wildman–Crippen MR) is 97.0 cm³/mol. The summed E-state index contributed by atoms with van der Waals surface area (Å²) in [6.45, 7) is 0.104. The number of anilines is 2. The Hall–Kier alpha value is -3.81. The first-order chi connectivity index (χ1) is 13.0. The van der Waals surface area contributed by atoms with Crippen LogP contribution in [0.1, 0.15) is 16.3 Å². The summed E-state index contributed by atoms with van der Waals surface area (Å²) in [5.41, 5.74) is 6.07. The number of amides is 3. The minimum atomic E-state index is -0.669. The van der Waals surface area contributed by atoms with Crippen molar-refractivity contribution in [2.24, 2.45) is 5.73 Å². The van der Waals surface area contributed by atoms with Gasteiger partial charge in [0, 0.05) is 11.4 Å². The summed E-state index contributed by atoms with van der Waals surface area (Å²) in [6.07, 6.45) is 0. The molecule has 27 heavy (non-hydrogen) atoms. The van der Waals surface area contributed by atoms with Gasteiger partial charge in [-0.2, -0.15) is 0 Å². The third-order valence-electron chi connectivity index (χ3n) is 3.49. The van der Waals surface area contributed by atoms with Crippen LogP contribution < -0.4 is 21.1 Å². The van der Waals surface area contributed by atoms with Crippen molar-refractivity contribution in [3.8, 4) is 5.75 Å². The molecule has 7 nitrogen and oxygen atoms in total. The number of benzene rings is 2. The Balaban J connectivity index is 1.56. The normalized spacial score (nSPS) is 10.3. The van der Waals surface area contributed by atoms with Gasteiger partial charge in [-0.15, -0.1) is 0 Å². The summed E-state index contributed by atoms with van der Waals surface area (Å²) in [5.74, 6) is 0.275. The maximum absolute atomic E-state index is 12.9. The molecule has 0 radical (unpaired) electrons. The lowest BCUT2D eigenvalue weighted by Gasteiger charge is -2.06. The van der Waals surface area contributed by atoms with Crippen molar-refractivity contribution in [1.82, 2.24) is 0 Å². The van der Waals surface area contributed by atoms with E-state index in [-0.39, 0.29) is 18.2 Å². The number of hydrogen-bond donors (Lipinski definition) is 3. The number of nitrogens with two attached hydrogens (primary N) is 1. The van der Waals surface area contributed by atoms with E-state index in [4.69, 9.17) is 14.9 Å². The number of primary amides is 1. The molecule has 3 aromatic rings. The lowest BCUT2D eigenvalue weighted by Crippen LogP contribution is -2.19. The van der Waals surface area contributed by atoms with Crippen molar-refractivity contribution in [3.63, 3.8) is 0 Å². The van der Waals surface area contributed by atoms with Gasteiger partial charge in [0.2, 0.25) is 0 Å². The van der Waals surface area contributed by atoms with Crippen molar-refractivity contribution in [1.29, 1.82) is 0 Å². The number of carbonyl (C=O) groups is 2. The topological polar surface area (TPSA) is 107 Å². The summed E-state index contributed by atoms with van der Waals surface area (Å²) in [4.78, 5) is 23.0. The number of furan rings is 1. The average molecular weight is 369 g/mol. The first-order valence-electron chi connectivity index (χ1n) is 7.94. The van der Waals surface area contributed by atoms with Gasteiger partial charge in [0.25, 0.3) is 5.91 Å². The van der Waals surface area contributed by atoms with Gasteiger partial charge in [0.05, 0.1) is 0 Å². The molecule has 0 aliphatic heterocycles. The highest BCUT2D eigenvalue weighted by Crippen LogP contribution is 2.17. The Labute approximate surface area is 153 Å². The van der Waals surface area contributed by atoms with E-state index >= 15 is 0 Å². The van der Waals surface area contributed by atoms with E-state index < -0.39 is 11.9 Å². The summed E-state index contributed by atoms with van der Waals surface area (Å²) in [7, 11) is 0. The molecule has 8 heteroatoms. The maximum atomic E-state index is 12.9. The van der Waals surface area contributed by atoms with Gasteiger partial charge in [0.15, 0.2) is 5.76 Å². The molecule has 1 heterocycles. The standard InChI is InChI=1S/C19H16FN3O4/c20-12-1-7-15(8-2-12)26-11-16-9-10-17(27-16)18(24)22-13-3-5-14(6-4-13)23-19(21)25/h1-10H,11H2,(H,22,24)(H3,21,23,25). The molecule has 3 rings (SSSR count). The van der Waals surface area contributed by atoms with E-state index in [0.717, 1.165) is 0 Å². The van der Waals surface area contributed by atoms with Gasteiger partial charge in [0.1, 0.15) is 23.9 Å². The smallest absolute Gasteiger partial charge is 0.316 e. The maximum Gasteiger partial charge on any atom is 0.316 e. The molecular weight excluding hydrogens is 353 g/mol. The zero-order valence-electron chi connectivity index (χ0n) is 14.1.